The zero-order chi connectivity index (χ0) is 30.9. The van der Waals surface area contributed by atoms with Gasteiger partial charge in [0.1, 0.15) is 0 Å². The number of carbonyl (C=O) groups excluding carboxylic acids is 5. The smallest absolute Gasteiger partial charge is 0.286 e. The van der Waals surface area contributed by atoms with Crippen LogP contribution in [0, 0.1) is 5.92 Å². The number of imide groups is 2. The number of rotatable bonds is 18. The molecule has 0 saturated carbocycles. The van der Waals surface area contributed by atoms with Crippen molar-refractivity contribution in [2.75, 3.05) is 60.4 Å². The largest absolute Gasteiger partial charge is 0.356 e. The first-order chi connectivity index (χ1) is 19.3. The van der Waals surface area contributed by atoms with E-state index in [1.54, 1.807) is 35.2 Å². The van der Waals surface area contributed by atoms with Crippen molar-refractivity contribution in [3.05, 3.63) is 0 Å². The quantitative estimate of drug-likeness (QED) is 0.131. The molecular formula is C24H41B2N6O6PS2. The molecule has 0 aliphatic carbocycles. The van der Waals surface area contributed by atoms with Gasteiger partial charge < -0.3 is 5.32 Å². The maximum atomic E-state index is 14.7. The molecule has 2 aliphatic rings. The van der Waals surface area contributed by atoms with Crippen LogP contribution in [0.2, 0.25) is 0 Å². The summed E-state index contributed by atoms with van der Waals surface area (Å²) in [6.45, 7) is 5.19. The van der Waals surface area contributed by atoms with Gasteiger partial charge in [-0.25, -0.2) is 37.2 Å². The zero-order valence-electron chi connectivity index (χ0n) is 24.6. The van der Waals surface area contributed by atoms with Crippen LogP contribution in [0.3, 0.4) is 0 Å². The van der Waals surface area contributed by atoms with E-state index in [-0.39, 0.29) is 81.5 Å². The van der Waals surface area contributed by atoms with Crippen LogP contribution in [0.4, 0.5) is 0 Å². The predicted molar refractivity (Wildman–Crippen MR) is 164 cm³/mol. The monoisotopic (exact) mass is 626 g/mol. The van der Waals surface area contributed by atoms with Crippen molar-refractivity contribution >= 4 is 74.6 Å². The van der Waals surface area contributed by atoms with Crippen molar-refractivity contribution in [3.8, 4) is 0 Å². The molecule has 0 aromatic heterocycles. The molecule has 17 heteroatoms. The molecule has 2 aliphatic heterocycles. The summed E-state index contributed by atoms with van der Waals surface area (Å²) in [4.78, 5) is 64.6. The molecule has 0 spiro atoms. The summed E-state index contributed by atoms with van der Waals surface area (Å²) in [5.74, 6) is -1.08. The molecule has 5 amide bonds. The molecule has 3 unspecified atom stereocenters. The minimum absolute atomic E-state index is 0.0193. The highest BCUT2D eigenvalue weighted by atomic mass is 32.2. The number of carbonyl (C=O) groups is 5. The first kappa shape index (κ1) is 35.9. The Labute approximate surface area is 254 Å². The molecule has 2 heterocycles. The van der Waals surface area contributed by atoms with Gasteiger partial charge in [-0.15, -0.1) is 0 Å². The summed E-state index contributed by atoms with van der Waals surface area (Å²) in [7, 11) is 12.4. The van der Waals surface area contributed by atoms with Crippen LogP contribution < -0.4 is 5.32 Å². The van der Waals surface area contributed by atoms with Crippen LogP contribution >= 0.6 is 30.8 Å². The van der Waals surface area contributed by atoms with Gasteiger partial charge in [-0.1, -0.05) is 20.3 Å². The Morgan fingerprint density at radius 1 is 0.927 bits per heavy atom. The first-order valence-corrected chi connectivity index (χ1v) is 17.2. The van der Waals surface area contributed by atoms with Crippen LogP contribution in [-0.2, 0) is 28.5 Å². The lowest BCUT2D eigenvalue weighted by atomic mass is 10.1. The van der Waals surface area contributed by atoms with Gasteiger partial charge in [-0.2, -0.15) is 0 Å². The van der Waals surface area contributed by atoms with E-state index < -0.39 is 18.1 Å². The average molecular weight is 626 g/mol. The number of hydrogen-bond donors (Lipinski definition) is 1. The average Bonchev–Trinajstić information content (AvgIpc) is 3.39. The van der Waals surface area contributed by atoms with Gasteiger partial charge in [0.15, 0.2) is 14.2 Å². The summed E-state index contributed by atoms with van der Waals surface area (Å²) >= 11 is 1.66. The van der Waals surface area contributed by atoms with Gasteiger partial charge in [0.05, 0.1) is 10.5 Å². The Hall–Kier alpha value is -1.31. The Morgan fingerprint density at radius 2 is 1.37 bits per heavy atom. The molecule has 41 heavy (non-hydrogen) atoms. The minimum atomic E-state index is -3.57. The predicted octanol–water partition coefficient (Wildman–Crippen LogP) is 0.721. The summed E-state index contributed by atoms with van der Waals surface area (Å²) in [6.07, 6.45) is 2.05. The van der Waals surface area contributed by atoms with E-state index in [0.717, 1.165) is 45.9 Å². The topological polar surface area (TPSA) is 131 Å². The van der Waals surface area contributed by atoms with E-state index in [4.69, 9.17) is 14.2 Å². The second kappa shape index (κ2) is 16.5. The molecule has 2 saturated heterocycles. The highest BCUT2D eigenvalue weighted by Gasteiger charge is 2.42. The van der Waals surface area contributed by atoms with Gasteiger partial charge in [-0.05, 0) is 33.5 Å². The Balaban J connectivity index is 2.12. The molecule has 0 bridgehead atoms. The highest BCUT2D eigenvalue weighted by Crippen LogP contribution is 2.53. The van der Waals surface area contributed by atoms with E-state index in [2.05, 4.69) is 19.2 Å². The highest BCUT2D eigenvalue weighted by molar-refractivity contribution is 8.21. The minimum Gasteiger partial charge on any atom is -0.356 e. The normalized spacial score (nSPS) is 22.0. The molecule has 12 nitrogen and oxygen atoms in total. The lowest BCUT2D eigenvalue weighted by molar-refractivity contribution is -0.139. The number of hydrogen-bond acceptors (Lipinski definition) is 8. The van der Waals surface area contributed by atoms with E-state index in [1.165, 1.54) is 0 Å². The van der Waals surface area contributed by atoms with Gasteiger partial charge in [0.25, 0.3) is 7.59 Å². The van der Waals surface area contributed by atoms with E-state index in [1.807, 2.05) is 0 Å². The third-order valence-electron chi connectivity index (χ3n) is 7.68. The molecule has 2 rings (SSSR count). The zero-order valence-corrected chi connectivity index (χ0v) is 27.1. The van der Waals surface area contributed by atoms with Crippen LogP contribution in [0.5, 0.6) is 0 Å². The maximum absolute atomic E-state index is 14.7. The van der Waals surface area contributed by atoms with Crippen molar-refractivity contribution in [2.45, 2.75) is 56.5 Å². The second-order valence-electron chi connectivity index (χ2n) is 10.5. The molecule has 226 valence electrons. The fourth-order valence-electron chi connectivity index (χ4n) is 4.66. The Morgan fingerprint density at radius 3 is 1.76 bits per heavy atom. The van der Waals surface area contributed by atoms with Crippen molar-refractivity contribution in [1.29, 1.82) is 0 Å². The molecule has 4 radical (unpaired) electrons. The third-order valence-corrected chi connectivity index (χ3v) is 12.3. The van der Waals surface area contributed by atoms with Crippen LogP contribution in [0.25, 0.3) is 0 Å². The molecular weight excluding hydrogens is 585 g/mol. The van der Waals surface area contributed by atoms with Crippen molar-refractivity contribution < 1.29 is 28.5 Å². The van der Waals surface area contributed by atoms with Gasteiger partial charge >= 0.3 is 0 Å². The molecule has 3 atom stereocenters. The first-order valence-electron chi connectivity index (χ1n) is 13.7. The lowest BCUT2D eigenvalue weighted by Gasteiger charge is -2.41. The number of amides is 5. The van der Waals surface area contributed by atoms with Crippen molar-refractivity contribution in [1.82, 2.24) is 29.1 Å². The fourth-order valence-corrected chi connectivity index (χ4v) is 8.25. The molecule has 0 aromatic rings. The van der Waals surface area contributed by atoms with Gasteiger partial charge in [-0.3, -0.25) is 38.3 Å². The van der Waals surface area contributed by atoms with Gasteiger partial charge in [0.2, 0.25) is 29.5 Å². The lowest BCUT2D eigenvalue weighted by Crippen LogP contribution is -2.44. The number of nitrogens with one attached hydrogen (secondary N) is 1. The van der Waals surface area contributed by atoms with E-state index in [0.29, 0.717) is 12.5 Å². The SMILES string of the molecule is [B]SC1CC(=O)N(CCN(C)P(=O)(N(C)CCC(=O)NCCC(C)CC)N(C)CCN2C(=O)CC(S[B])C2=O)C1=O. The number of likely N-dealkylation sites (tertiary alicyclic amines) is 2. The Kier molecular flexibility index (Phi) is 14.5. The number of likely N-dealkylation sites (N-methyl/N-ethyl adjacent to an activating group) is 2. The van der Waals surface area contributed by atoms with Crippen LogP contribution in [-0.4, -0.2) is 139 Å². The van der Waals surface area contributed by atoms with Gasteiger partial charge in [0, 0.05) is 58.5 Å². The summed E-state index contributed by atoms with van der Waals surface area (Å²) in [6, 6.07) is 0. The van der Waals surface area contributed by atoms with Crippen LogP contribution in [0.15, 0.2) is 0 Å². The van der Waals surface area contributed by atoms with Crippen molar-refractivity contribution in [3.63, 3.8) is 0 Å². The summed E-state index contributed by atoms with van der Waals surface area (Å²) in [5.41, 5.74) is 0. The fraction of sp³-hybridized carbons (Fsp3) is 0.792. The molecule has 1 N–H and O–H groups in total. The summed E-state index contributed by atoms with van der Waals surface area (Å²) < 4.78 is 19.4. The van der Waals surface area contributed by atoms with Crippen LogP contribution in [0.1, 0.15) is 46.0 Å². The van der Waals surface area contributed by atoms with E-state index >= 15 is 0 Å². The summed E-state index contributed by atoms with van der Waals surface area (Å²) in [5, 5.41) is 1.65. The third kappa shape index (κ3) is 9.09. The van der Waals surface area contributed by atoms with E-state index in [9.17, 15) is 28.5 Å². The second-order valence-corrected chi connectivity index (χ2v) is 15.2. The Bertz CT molecular complexity index is 973. The number of nitrogens with zero attached hydrogens (tertiary/aromatic N) is 5. The van der Waals surface area contributed by atoms with Crippen molar-refractivity contribution in [2.24, 2.45) is 5.92 Å². The molecule has 0 aromatic carbocycles. The maximum Gasteiger partial charge on any atom is 0.286 e. The molecule has 2 fully saturated rings. The standard InChI is InChI=1S/C24H41B2N6O6PS2/c1-6-17(2)7-9-27-20(33)8-10-28(3)39(38,29(4)11-13-31-21(34)15-18(40-25)23(31)36)30(5)12-14-32-22(35)16-19(41-26)24(32)37/h17-19H,6-16H2,1-5H3,(H,27,33).